The van der Waals surface area contributed by atoms with Crippen molar-refractivity contribution in [1.29, 1.82) is 0 Å². The minimum atomic E-state index is -3.57. The predicted molar refractivity (Wildman–Crippen MR) is 99.5 cm³/mol. The Balaban J connectivity index is 1.92. The zero-order valence-corrected chi connectivity index (χ0v) is 16.1. The zero-order chi connectivity index (χ0) is 19.3. The maximum absolute atomic E-state index is 12.3. The van der Waals surface area contributed by atoms with Crippen LogP contribution in [0.5, 0.6) is 0 Å². The number of hydrogen-bond donors (Lipinski definition) is 3. The second-order valence-electron chi connectivity index (χ2n) is 6.62. The fraction of sp³-hybridized carbons (Fsp3) is 0.529. The van der Waals surface area contributed by atoms with Crippen molar-refractivity contribution in [2.45, 2.75) is 43.5 Å². The van der Waals surface area contributed by atoms with Crippen LogP contribution in [-0.4, -0.2) is 51.3 Å². The SMILES string of the molecule is Cc1ccc(NCC(=O)NC(=O)NC2CCCC2)cc1S(=O)(=O)N(C)C. The van der Waals surface area contributed by atoms with Gasteiger partial charge in [0.2, 0.25) is 15.9 Å². The van der Waals surface area contributed by atoms with Crippen molar-refractivity contribution in [1.82, 2.24) is 14.9 Å². The lowest BCUT2D eigenvalue weighted by molar-refractivity contribution is -0.118. The highest BCUT2D eigenvalue weighted by atomic mass is 32.2. The number of urea groups is 1. The summed E-state index contributed by atoms with van der Waals surface area (Å²) in [4.78, 5) is 23.8. The molecule has 1 aliphatic carbocycles. The largest absolute Gasteiger partial charge is 0.376 e. The van der Waals surface area contributed by atoms with Crippen LogP contribution in [0.4, 0.5) is 10.5 Å². The summed E-state index contributed by atoms with van der Waals surface area (Å²) in [5, 5.41) is 7.89. The average Bonchev–Trinajstić information content (AvgIpc) is 3.06. The van der Waals surface area contributed by atoms with Gasteiger partial charge in [-0.25, -0.2) is 17.5 Å². The van der Waals surface area contributed by atoms with Crippen molar-refractivity contribution < 1.29 is 18.0 Å². The van der Waals surface area contributed by atoms with Crippen LogP contribution in [0.3, 0.4) is 0 Å². The second kappa shape index (κ2) is 8.50. The number of anilines is 1. The number of sulfonamides is 1. The molecule has 1 aromatic rings. The summed E-state index contributed by atoms with van der Waals surface area (Å²) in [5.74, 6) is -0.488. The fourth-order valence-corrected chi connectivity index (χ4v) is 3.97. The van der Waals surface area contributed by atoms with Gasteiger partial charge in [0.05, 0.1) is 11.4 Å². The van der Waals surface area contributed by atoms with Gasteiger partial charge in [-0.3, -0.25) is 10.1 Å². The van der Waals surface area contributed by atoms with E-state index in [1.165, 1.54) is 20.2 Å². The molecule has 1 aliphatic rings. The number of imide groups is 1. The molecule has 144 valence electrons. The van der Waals surface area contributed by atoms with E-state index in [1.54, 1.807) is 19.1 Å². The third-order valence-corrected chi connectivity index (χ3v) is 6.30. The molecule has 0 spiro atoms. The van der Waals surface area contributed by atoms with Crippen LogP contribution >= 0.6 is 0 Å². The van der Waals surface area contributed by atoms with Crippen molar-refractivity contribution in [2.75, 3.05) is 26.0 Å². The standard InChI is InChI=1S/C17H26N4O4S/c1-12-8-9-14(10-15(12)26(24,25)21(2)3)18-11-16(22)20-17(23)19-13-6-4-5-7-13/h8-10,13,18H,4-7,11H2,1-3H3,(H2,19,20,22,23). The number of nitrogens with one attached hydrogen (secondary N) is 3. The van der Waals surface area contributed by atoms with Crippen LogP contribution in [-0.2, 0) is 14.8 Å². The van der Waals surface area contributed by atoms with Gasteiger partial charge in [0, 0.05) is 25.8 Å². The third kappa shape index (κ3) is 5.18. The second-order valence-corrected chi connectivity index (χ2v) is 8.74. The van der Waals surface area contributed by atoms with Crippen LogP contribution in [0.15, 0.2) is 23.1 Å². The molecule has 0 saturated heterocycles. The van der Waals surface area contributed by atoms with Crippen LogP contribution in [0.1, 0.15) is 31.2 Å². The Kier molecular flexibility index (Phi) is 6.60. The molecule has 3 N–H and O–H groups in total. The van der Waals surface area contributed by atoms with Gasteiger partial charge in [0.25, 0.3) is 0 Å². The van der Waals surface area contributed by atoms with Crippen LogP contribution in [0.2, 0.25) is 0 Å². The third-order valence-electron chi connectivity index (χ3n) is 4.34. The first-order chi connectivity index (χ1) is 12.2. The Morgan fingerprint density at radius 1 is 1.19 bits per heavy atom. The molecule has 2 rings (SSSR count). The number of carbonyl (C=O) groups is 2. The smallest absolute Gasteiger partial charge is 0.321 e. The molecule has 0 bridgehead atoms. The molecule has 1 fully saturated rings. The summed E-state index contributed by atoms with van der Waals surface area (Å²) in [5.41, 5.74) is 1.10. The molecule has 0 aromatic heterocycles. The maximum Gasteiger partial charge on any atom is 0.321 e. The quantitative estimate of drug-likeness (QED) is 0.690. The molecule has 0 atom stereocenters. The summed E-state index contributed by atoms with van der Waals surface area (Å²) < 4.78 is 25.8. The molecule has 3 amide bonds. The molecular weight excluding hydrogens is 356 g/mol. The van der Waals surface area contributed by atoms with Gasteiger partial charge in [0.15, 0.2) is 0 Å². The number of benzene rings is 1. The van der Waals surface area contributed by atoms with Crippen molar-refractivity contribution >= 4 is 27.6 Å². The van der Waals surface area contributed by atoms with Gasteiger partial charge in [-0.05, 0) is 37.5 Å². The molecule has 0 unspecified atom stereocenters. The van der Waals surface area contributed by atoms with E-state index in [1.807, 2.05) is 0 Å². The summed E-state index contributed by atoms with van der Waals surface area (Å²) in [7, 11) is -0.645. The number of amides is 3. The lowest BCUT2D eigenvalue weighted by atomic mass is 10.2. The van der Waals surface area contributed by atoms with E-state index in [0.29, 0.717) is 11.3 Å². The first kappa shape index (κ1) is 20.2. The van der Waals surface area contributed by atoms with Crippen molar-refractivity contribution in [3.8, 4) is 0 Å². The molecular formula is C17H26N4O4S. The Labute approximate surface area is 154 Å². The van der Waals surface area contributed by atoms with Gasteiger partial charge in [-0.2, -0.15) is 0 Å². The topological polar surface area (TPSA) is 108 Å². The Hall–Kier alpha value is -2.13. The van der Waals surface area contributed by atoms with E-state index >= 15 is 0 Å². The lowest BCUT2D eigenvalue weighted by Crippen LogP contribution is -2.45. The van der Waals surface area contributed by atoms with E-state index in [0.717, 1.165) is 30.0 Å². The Bertz CT molecular complexity index is 771. The molecule has 26 heavy (non-hydrogen) atoms. The van der Waals surface area contributed by atoms with Gasteiger partial charge in [-0.1, -0.05) is 18.9 Å². The summed E-state index contributed by atoms with van der Waals surface area (Å²) in [6.07, 6.45) is 4.05. The van der Waals surface area contributed by atoms with Gasteiger partial charge in [0.1, 0.15) is 0 Å². The molecule has 1 aromatic carbocycles. The zero-order valence-electron chi connectivity index (χ0n) is 15.3. The number of nitrogens with zero attached hydrogens (tertiary/aromatic N) is 1. The summed E-state index contributed by atoms with van der Waals surface area (Å²) >= 11 is 0. The minimum absolute atomic E-state index is 0.131. The highest BCUT2D eigenvalue weighted by molar-refractivity contribution is 7.89. The van der Waals surface area contributed by atoms with E-state index in [2.05, 4.69) is 16.0 Å². The van der Waals surface area contributed by atoms with Crippen LogP contribution in [0.25, 0.3) is 0 Å². The van der Waals surface area contributed by atoms with Gasteiger partial charge < -0.3 is 10.6 Å². The van der Waals surface area contributed by atoms with Crippen LogP contribution < -0.4 is 16.0 Å². The van der Waals surface area contributed by atoms with Gasteiger partial charge >= 0.3 is 6.03 Å². The molecule has 1 saturated carbocycles. The Morgan fingerprint density at radius 3 is 2.46 bits per heavy atom. The predicted octanol–water partition coefficient (Wildman–Crippen LogP) is 1.43. The molecule has 9 heteroatoms. The van der Waals surface area contributed by atoms with E-state index in [9.17, 15) is 18.0 Å². The molecule has 0 radical (unpaired) electrons. The number of hydrogen-bond acceptors (Lipinski definition) is 5. The summed E-state index contributed by atoms with van der Waals surface area (Å²) in [6.45, 7) is 1.57. The van der Waals surface area contributed by atoms with Crippen LogP contribution in [0, 0.1) is 6.92 Å². The number of carbonyl (C=O) groups excluding carboxylic acids is 2. The average molecular weight is 382 g/mol. The van der Waals surface area contributed by atoms with Crippen molar-refractivity contribution in [2.24, 2.45) is 0 Å². The van der Waals surface area contributed by atoms with E-state index in [-0.39, 0.29) is 17.5 Å². The Morgan fingerprint density at radius 2 is 1.85 bits per heavy atom. The summed E-state index contributed by atoms with van der Waals surface area (Å²) in [6, 6.07) is 4.48. The minimum Gasteiger partial charge on any atom is -0.376 e. The highest BCUT2D eigenvalue weighted by Crippen LogP contribution is 2.22. The number of rotatable bonds is 6. The van der Waals surface area contributed by atoms with E-state index in [4.69, 9.17) is 0 Å². The normalized spacial score (nSPS) is 15.1. The maximum atomic E-state index is 12.3. The first-order valence-electron chi connectivity index (χ1n) is 8.57. The molecule has 0 aliphatic heterocycles. The van der Waals surface area contributed by atoms with Crippen molar-refractivity contribution in [3.63, 3.8) is 0 Å². The van der Waals surface area contributed by atoms with Gasteiger partial charge in [-0.15, -0.1) is 0 Å². The van der Waals surface area contributed by atoms with E-state index < -0.39 is 22.0 Å². The molecule has 8 nitrogen and oxygen atoms in total. The fourth-order valence-electron chi connectivity index (χ4n) is 2.83. The first-order valence-corrected chi connectivity index (χ1v) is 10.0. The molecule has 0 heterocycles. The monoisotopic (exact) mass is 382 g/mol. The number of aryl methyl sites for hydroxylation is 1. The highest BCUT2D eigenvalue weighted by Gasteiger charge is 2.21. The lowest BCUT2D eigenvalue weighted by Gasteiger charge is -2.15. The van der Waals surface area contributed by atoms with Crippen molar-refractivity contribution in [3.05, 3.63) is 23.8 Å².